The lowest BCUT2D eigenvalue weighted by Crippen LogP contribution is -2.35. The second-order valence-electron chi connectivity index (χ2n) is 9.82. The minimum atomic E-state index is -4.48. The summed E-state index contributed by atoms with van der Waals surface area (Å²) in [6, 6.07) is 12.8. The van der Waals surface area contributed by atoms with Gasteiger partial charge in [-0.2, -0.15) is 13.2 Å². The number of likely N-dealkylation sites (tertiary alicyclic amines) is 1. The maximum atomic E-state index is 13.5. The Morgan fingerprint density at radius 1 is 1.18 bits per heavy atom. The largest absolute Gasteiger partial charge is 0.491 e. The molecule has 3 heterocycles. The third kappa shape index (κ3) is 5.89. The van der Waals surface area contributed by atoms with Crippen LogP contribution >= 0.6 is 11.3 Å². The molecule has 1 amide bonds. The number of nitrogens with zero attached hydrogens (tertiary/aromatic N) is 3. The van der Waals surface area contributed by atoms with Gasteiger partial charge in [0.1, 0.15) is 33.8 Å². The van der Waals surface area contributed by atoms with Gasteiger partial charge in [-0.05, 0) is 43.7 Å². The van der Waals surface area contributed by atoms with Crippen molar-refractivity contribution >= 4 is 28.3 Å². The van der Waals surface area contributed by atoms with E-state index < -0.39 is 23.6 Å². The van der Waals surface area contributed by atoms with Crippen molar-refractivity contribution in [2.75, 3.05) is 26.7 Å². The fraction of sp³-hybridized carbons (Fsp3) is 0.357. The number of thiophene rings is 1. The van der Waals surface area contributed by atoms with Crippen LogP contribution in [-0.4, -0.2) is 53.2 Å². The highest BCUT2D eigenvalue weighted by Gasteiger charge is 2.34. The lowest BCUT2D eigenvalue weighted by molar-refractivity contribution is -0.138. The first-order valence-corrected chi connectivity index (χ1v) is 13.5. The number of benzene rings is 2. The minimum Gasteiger partial charge on any atom is -0.491 e. The van der Waals surface area contributed by atoms with Gasteiger partial charge in [-0.15, -0.1) is 11.3 Å². The number of amides is 1. The number of halogens is 3. The monoisotopic (exact) mass is 558 g/mol. The summed E-state index contributed by atoms with van der Waals surface area (Å²) in [5, 5.41) is 0.640. The number of carbonyl (C=O) groups excluding carboxylic acids is 1. The molecule has 0 spiro atoms. The molecular formula is C28H29F3N4O3S. The molecule has 1 unspecified atom stereocenters. The highest BCUT2D eigenvalue weighted by molar-refractivity contribution is 7.16. The number of nitrogens with two attached hydrogens (primary N) is 1. The summed E-state index contributed by atoms with van der Waals surface area (Å²) < 4.78 is 54.4. The predicted molar refractivity (Wildman–Crippen MR) is 144 cm³/mol. The number of ether oxygens (including phenoxy) is 2. The Labute approximate surface area is 227 Å². The van der Waals surface area contributed by atoms with E-state index in [0.717, 1.165) is 60.1 Å². The minimum absolute atomic E-state index is 0.0667. The average molecular weight is 559 g/mol. The van der Waals surface area contributed by atoms with Crippen LogP contribution in [0.4, 0.5) is 13.2 Å². The number of primary amides is 1. The fourth-order valence-electron chi connectivity index (χ4n) is 4.78. The van der Waals surface area contributed by atoms with E-state index in [-0.39, 0.29) is 28.9 Å². The van der Waals surface area contributed by atoms with Crippen LogP contribution in [0.2, 0.25) is 0 Å². The SMILES string of the molecule is CC(COc1cc(-n2cnc3ccc(OC4CCN(C)CC4)cc32)sc1C(N)=O)c1ccccc1C(F)(F)F. The molecule has 1 saturated heterocycles. The van der Waals surface area contributed by atoms with Crippen molar-refractivity contribution in [1.82, 2.24) is 14.5 Å². The van der Waals surface area contributed by atoms with E-state index in [9.17, 15) is 18.0 Å². The third-order valence-electron chi connectivity index (χ3n) is 6.92. The van der Waals surface area contributed by atoms with Crippen LogP contribution in [-0.2, 0) is 6.18 Å². The van der Waals surface area contributed by atoms with Crippen LogP contribution in [0.25, 0.3) is 16.0 Å². The zero-order chi connectivity index (χ0) is 27.7. The van der Waals surface area contributed by atoms with Gasteiger partial charge in [0.05, 0.1) is 23.2 Å². The molecule has 2 aromatic carbocycles. The van der Waals surface area contributed by atoms with E-state index in [1.54, 1.807) is 25.4 Å². The van der Waals surface area contributed by atoms with Crippen LogP contribution < -0.4 is 15.2 Å². The van der Waals surface area contributed by atoms with Gasteiger partial charge in [0.25, 0.3) is 5.91 Å². The highest BCUT2D eigenvalue weighted by atomic mass is 32.1. The van der Waals surface area contributed by atoms with Gasteiger partial charge in [0, 0.05) is 31.1 Å². The van der Waals surface area contributed by atoms with E-state index in [4.69, 9.17) is 15.2 Å². The van der Waals surface area contributed by atoms with E-state index in [0.29, 0.717) is 5.00 Å². The number of alkyl halides is 3. The zero-order valence-corrected chi connectivity index (χ0v) is 22.4. The van der Waals surface area contributed by atoms with Crippen molar-refractivity contribution in [3.05, 3.63) is 70.9 Å². The molecule has 1 fully saturated rings. The molecular weight excluding hydrogens is 529 g/mol. The molecule has 11 heteroatoms. The summed E-state index contributed by atoms with van der Waals surface area (Å²) in [6.07, 6.45) is -0.785. The molecule has 4 aromatic rings. The van der Waals surface area contributed by atoms with Crippen molar-refractivity contribution in [3.8, 4) is 16.5 Å². The quantitative estimate of drug-likeness (QED) is 0.293. The molecule has 1 aliphatic rings. The van der Waals surface area contributed by atoms with Gasteiger partial charge in [-0.25, -0.2) is 4.98 Å². The zero-order valence-electron chi connectivity index (χ0n) is 21.6. The molecule has 7 nitrogen and oxygen atoms in total. The number of carbonyl (C=O) groups is 1. The van der Waals surface area contributed by atoms with Crippen molar-refractivity contribution in [2.45, 2.75) is 38.0 Å². The number of imidazole rings is 1. The Hall–Kier alpha value is -3.57. The fourth-order valence-corrected chi connectivity index (χ4v) is 5.72. The number of piperidine rings is 1. The maximum Gasteiger partial charge on any atom is 0.416 e. The maximum absolute atomic E-state index is 13.5. The number of aromatic nitrogens is 2. The van der Waals surface area contributed by atoms with E-state index in [1.165, 1.54) is 12.1 Å². The van der Waals surface area contributed by atoms with Crippen molar-refractivity contribution in [1.29, 1.82) is 0 Å². The van der Waals surface area contributed by atoms with E-state index in [2.05, 4.69) is 16.9 Å². The van der Waals surface area contributed by atoms with Crippen LogP contribution in [0.5, 0.6) is 11.5 Å². The Bertz CT molecular complexity index is 1470. The lowest BCUT2D eigenvalue weighted by atomic mass is 9.96. The molecule has 206 valence electrons. The summed E-state index contributed by atoms with van der Waals surface area (Å²) in [6.45, 7) is 3.55. The van der Waals surface area contributed by atoms with Gasteiger partial charge in [-0.1, -0.05) is 25.1 Å². The number of hydrogen-bond donors (Lipinski definition) is 1. The van der Waals surface area contributed by atoms with Crippen LogP contribution in [0.3, 0.4) is 0 Å². The van der Waals surface area contributed by atoms with Gasteiger partial charge < -0.3 is 20.1 Å². The van der Waals surface area contributed by atoms with Crippen LogP contribution in [0, 0.1) is 0 Å². The number of hydrogen-bond acceptors (Lipinski definition) is 6. The molecule has 0 bridgehead atoms. The molecule has 1 atom stereocenters. The van der Waals surface area contributed by atoms with Gasteiger partial charge >= 0.3 is 6.18 Å². The van der Waals surface area contributed by atoms with Crippen LogP contribution in [0.1, 0.15) is 46.5 Å². The van der Waals surface area contributed by atoms with Crippen molar-refractivity contribution in [3.63, 3.8) is 0 Å². The molecule has 0 saturated carbocycles. The van der Waals surface area contributed by atoms with Crippen molar-refractivity contribution < 1.29 is 27.4 Å². The average Bonchev–Trinajstić information content (AvgIpc) is 3.52. The number of fused-ring (bicyclic) bond motifs is 1. The normalized spacial score (nSPS) is 15.9. The summed E-state index contributed by atoms with van der Waals surface area (Å²) in [7, 11) is 2.10. The van der Waals surface area contributed by atoms with Gasteiger partial charge in [0.2, 0.25) is 0 Å². The Kier molecular flexibility index (Phi) is 7.55. The molecule has 1 aliphatic heterocycles. The second kappa shape index (κ2) is 10.9. The predicted octanol–water partition coefficient (Wildman–Crippen LogP) is 5.86. The van der Waals surface area contributed by atoms with Gasteiger partial charge in [0.15, 0.2) is 0 Å². The summed E-state index contributed by atoms with van der Waals surface area (Å²) in [5.41, 5.74) is 6.58. The molecule has 5 rings (SSSR count). The smallest absolute Gasteiger partial charge is 0.416 e. The first kappa shape index (κ1) is 27.0. The first-order valence-electron chi connectivity index (χ1n) is 12.7. The lowest BCUT2D eigenvalue weighted by Gasteiger charge is -2.29. The summed E-state index contributed by atoms with van der Waals surface area (Å²) in [4.78, 5) is 19.2. The molecule has 2 N–H and O–H groups in total. The molecule has 0 aliphatic carbocycles. The Balaban J connectivity index is 1.38. The summed E-state index contributed by atoms with van der Waals surface area (Å²) >= 11 is 1.13. The second-order valence-corrected chi connectivity index (χ2v) is 10.9. The summed E-state index contributed by atoms with van der Waals surface area (Å²) in [5.74, 6) is -0.306. The van der Waals surface area contributed by atoms with E-state index in [1.807, 2.05) is 22.8 Å². The first-order chi connectivity index (χ1) is 18.6. The highest BCUT2D eigenvalue weighted by Crippen LogP contribution is 2.37. The Morgan fingerprint density at radius 2 is 1.92 bits per heavy atom. The van der Waals surface area contributed by atoms with E-state index >= 15 is 0 Å². The Morgan fingerprint density at radius 3 is 2.64 bits per heavy atom. The third-order valence-corrected chi connectivity index (χ3v) is 8.05. The van der Waals surface area contributed by atoms with Crippen molar-refractivity contribution in [2.24, 2.45) is 5.73 Å². The van der Waals surface area contributed by atoms with Crippen LogP contribution in [0.15, 0.2) is 54.9 Å². The standard InChI is InChI=1S/C28H29F3N4O3S/c1-17(20-5-3-4-6-21(20)28(29,30)31)15-37-24-14-25(39-26(24)27(32)36)35-16-33-22-8-7-19(13-23(22)35)38-18-9-11-34(2)12-10-18/h3-8,13-14,16-18H,9-12,15H2,1-2H3,(H2,32,36). The molecule has 2 aromatic heterocycles. The number of rotatable bonds is 8. The molecule has 39 heavy (non-hydrogen) atoms. The molecule has 0 radical (unpaired) electrons. The van der Waals surface area contributed by atoms with Gasteiger partial charge in [-0.3, -0.25) is 9.36 Å². The topological polar surface area (TPSA) is 82.6 Å².